The molecule has 2 amide bonds. The lowest BCUT2D eigenvalue weighted by molar-refractivity contribution is -0.137. The van der Waals surface area contributed by atoms with Gasteiger partial charge in [-0.25, -0.2) is 0 Å². The van der Waals surface area contributed by atoms with Gasteiger partial charge in [0.15, 0.2) is 0 Å². The Labute approximate surface area is 265 Å². The van der Waals surface area contributed by atoms with E-state index in [1.807, 2.05) is 0 Å². The molecular weight excluding hydrogens is 538 g/mol. The number of aliphatic hydroxyl groups excluding tert-OH is 2. The van der Waals surface area contributed by atoms with Gasteiger partial charge in [-0.3, -0.25) is 14.5 Å². The summed E-state index contributed by atoms with van der Waals surface area (Å²) in [6.07, 6.45) is 23.9. The summed E-state index contributed by atoms with van der Waals surface area (Å²) in [5, 5.41) is 27.5. The van der Waals surface area contributed by atoms with Crippen LogP contribution in [0, 0.1) is 5.92 Å². The number of nitrogens with zero attached hydrogens (tertiary/aromatic N) is 1. The van der Waals surface area contributed by atoms with Gasteiger partial charge < -0.3 is 20.8 Å². The number of unbranched alkanes of at least 4 members (excludes halogenated alkanes) is 15. The number of carbonyl (C=O) groups excluding carboxylic acids is 2. The number of hydrogen-bond acceptors (Lipinski definition) is 5. The molecule has 1 aliphatic heterocycles. The summed E-state index contributed by atoms with van der Waals surface area (Å²) < 4.78 is 0. The second kappa shape index (κ2) is 26.1. The Hall–Kier alpha value is -1.18. The average molecular weight is 610 g/mol. The number of hydrogen-bond donors (Lipinski definition) is 4. The van der Waals surface area contributed by atoms with Gasteiger partial charge >= 0.3 is 0 Å². The van der Waals surface area contributed by atoms with Crippen LogP contribution in [0.1, 0.15) is 169 Å². The van der Waals surface area contributed by atoms with Crippen LogP contribution in [0.3, 0.4) is 0 Å². The monoisotopic (exact) mass is 610 g/mol. The molecule has 0 aromatic heterocycles. The van der Waals surface area contributed by atoms with Crippen LogP contribution in [-0.4, -0.2) is 70.9 Å². The number of carbonyl (C=O) groups is 2. The van der Waals surface area contributed by atoms with Crippen LogP contribution < -0.4 is 10.6 Å². The molecule has 0 radical (unpaired) electrons. The molecule has 7 nitrogen and oxygen atoms in total. The molecule has 0 aromatic carbocycles. The van der Waals surface area contributed by atoms with Gasteiger partial charge in [0.05, 0.1) is 12.2 Å². The molecule has 0 saturated carbocycles. The Bertz CT molecular complexity index is 661. The molecule has 0 spiro atoms. The van der Waals surface area contributed by atoms with E-state index in [4.69, 9.17) is 0 Å². The molecule has 43 heavy (non-hydrogen) atoms. The maximum absolute atomic E-state index is 12.6. The van der Waals surface area contributed by atoms with Crippen LogP contribution in [0.15, 0.2) is 0 Å². The normalized spacial score (nSPS) is 18.7. The standard InChI is InChI=1S/C36H71N3O4/c1-5-7-9-11-13-15-17-19-23-31(40)28-39(29-32(41)24-20-18-16-14-12-10-8-6-2)26-22-21-25-33-35(42)38-34(27-30(3)4)36(43)37-33/h30-34,40-41H,5-29H2,1-4H3,(H,37,43)(H,38,42). The highest BCUT2D eigenvalue weighted by Crippen LogP contribution is 2.16. The van der Waals surface area contributed by atoms with E-state index in [0.29, 0.717) is 31.8 Å². The van der Waals surface area contributed by atoms with E-state index in [9.17, 15) is 19.8 Å². The van der Waals surface area contributed by atoms with Gasteiger partial charge in [0.25, 0.3) is 0 Å². The minimum atomic E-state index is -0.468. The maximum atomic E-state index is 12.6. The second-order valence-electron chi connectivity index (χ2n) is 13.8. The first-order valence-electron chi connectivity index (χ1n) is 18.5. The predicted octanol–water partition coefficient (Wildman–Crippen LogP) is 7.27. The van der Waals surface area contributed by atoms with Crippen molar-refractivity contribution in [1.82, 2.24) is 15.5 Å². The number of rotatable bonds is 29. The Morgan fingerprint density at radius 2 is 1.02 bits per heavy atom. The molecule has 1 saturated heterocycles. The van der Waals surface area contributed by atoms with Crippen LogP contribution in [0.2, 0.25) is 0 Å². The first-order chi connectivity index (χ1) is 20.8. The van der Waals surface area contributed by atoms with Crippen molar-refractivity contribution in [3.63, 3.8) is 0 Å². The van der Waals surface area contributed by atoms with Crippen molar-refractivity contribution in [3.8, 4) is 0 Å². The van der Waals surface area contributed by atoms with Crippen LogP contribution in [0.5, 0.6) is 0 Å². The van der Waals surface area contributed by atoms with Gasteiger partial charge in [-0.15, -0.1) is 0 Å². The minimum absolute atomic E-state index is 0.0758. The van der Waals surface area contributed by atoms with Crippen molar-refractivity contribution in [2.45, 2.75) is 193 Å². The minimum Gasteiger partial charge on any atom is -0.392 e. The zero-order chi connectivity index (χ0) is 31.7. The van der Waals surface area contributed by atoms with E-state index in [-0.39, 0.29) is 24.0 Å². The Morgan fingerprint density at radius 1 is 0.605 bits per heavy atom. The molecule has 4 N–H and O–H groups in total. The molecule has 0 bridgehead atoms. The lowest BCUT2D eigenvalue weighted by atomic mass is 9.98. The van der Waals surface area contributed by atoms with Crippen LogP contribution >= 0.6 is 0 Å². The molecule has 7 heteroatoms. The molecule has 1 rings (SSSR count). The second-order valence-corrected chi connectivity index (χ2v) is 13.8. The third kappa shape index (κ3) is 21.2. The zero-order valence-electron chi connectivity index (χ0n) is 28.7. The molecule has 4 atom stereocenters. The number of amides is 2. The summed E-state index contributed by atoms with van der Waals surface area (Å²) in [5.74, 6) is 0.187. The summed E-state index contributed by atoms with van der Waals surface area (Å²) in [6, 6.07) is -0.895. The van der Waals surface area contributed by atoms with Gasteiger partial charge in [0.1, 0.15) is 12.1 Å². The van der Waals surface area contributed by atoms with Crippen LogP contribution in [0.25, 0.3) is 0 Å². The largest absolute Gasteiger partial charge is 0.392 e. The topological polar surface area (TPSA) is 102 Å². The van der Waals surface area contributed by atoms with E-state index in [1.165, 1.54) is 89.9 Å². The maximum Gasteiger partial charge on any atom is 0.243 e. The highest BCUT2D eigenvalue weighted by molar-refractivity contribution is 5.96. The van der Waals surface area contributed by atoms with E-state index >= 15 is 0 Å². The van der Waals surface area contributed by atoms with Crippen molar-refractivity contribution in [3.05, 3.63) is 0 Å². The Balaban J connectivity index is 2.43. The first kappa shape index (κ1) is 39.8. The fourth-order valence-corrected chi connectivity index (χ4v) is 6.26. The van der Waals surface area contributed by atoms with E-state index in [2.05, 4.69) is 43.2 Å². The Morgan fingerprint density at radius 3 is 1.49 bits per heavy atom. The molecular formula is C36H71N3O4. The summed E-state index contributed by atoms with van der Waals surface area (Å²) in [6.45, 7) is 10.5. The number of aliphatic hydroxyl groups is 2. The molecule has 0 aromatic rings. The molecule has 1 fully saturated rings. The van der Waals surface area contributed by atoms with E-state index < -0.39 is 12.1 Å². The van der Waals surface area contributed by atoms with Crippen molar-refractivity contribution in [2.24, 2.45) is 5.92 Å². The summed E-state index contributed by atoms with van der Waals surface area (Å²) in [7, 11) is 0. The summed E-state index contributed by atoms with van der Waals surface area (Å²) >= 11 is 0. The third-order valence-electron chi connectivity index (χ3n) is 8.91. The van der Waals surface area contributed by atoms with Crippen LogP contribution in [-0.2, 0) is 9.59 Å². The fourth-order valence-electron chi connectivity index (χ4n) is 6.26. The van der Waals surface area contributed by atoms with Gasteiger partial charge in [-0.2, -0.15) is 0 Å². The summed E-state index contributed by atoms with van der Waals surface area (Å²) in [4.78, 5) is 27.3. The lowest BCUT2D eigenvalue weighted by Crippen LogP contribution is -2.61. The predicted molar refractivity (Wildman–Crippen MR) is 180 cm³/mol. The zero-order valence-corrected chi connectivity index (χ0v) is 28.7. The van der Waals surface area contributed by atoms with Gasteiger partial charge in [-0.1, -0.05) is 130 Å². The molecule has 4 unspecified atom stereocenters. The van der Waals surface area contributed by atoms with Crippen LogP contribution in [0.4, 0.5) is 0 Å². The van der Waals surface area contributed by atoms with Crippen molar-refractivity contribution < 1.29 is 19.8 Å². The third-order valence-corrected chi connectivity index (χ3v) is 8.91. The number of nitrogens with one attached hydrogen (secondary N) is 2. The Kier molecular flexibility index (Phi) is 24.2. The highest BCUT2D eigenvalue weighted by Gasteiger charge is 2.33. The van der Waals surface area contributed by atoms with Gasteiger partial charge in [0, 0.05) is 13.1 Å². The highest BCUT2D eigenvalue weighted by atomic mass is 16.3. The number of piperazine rings is 1. The van der Waals surface area contributed by atoms with Gasteiger partial charge in [-0.05, 0) is 51.0 Å². The van der Waals surface area contributed by atoms with Gasteiger partial charge in [0.2, 0.25) is 11.8 Å². The van der Waals surface area contributed by atoms with Crippen molar-refractivity contribution in [2.75, 3.05) is 19.6 Å². The van der Waals surface area contributed by atoms with Crippen molar-refractivity contribution in [1.29, 1.82) is 0 Å². The lowest BCUT2D eigenvalue weighted by Gasteiger charge is -2.31. The first-order valence-corrected chi connectivity index (χ1v) is 18.5. The van der Waals surface area contributed by atoms with E-state index in [1.54, 1.807) is 0 Å². The summed E-state index contributed by atoms with van der Waals surface area (Å²) in [5.41, 5.74) is 0. The molecule has 1 heterocycles. The fraction of sp³-hybridized carbons (Fsp3) is 0.944. The smallest absolute Gasteiger partial charge is 0.243 e. The quantitative estimate of drug-likeness (QED) is 0.0668. The van der Waals surface area contributed by atoms with Crippen molar-refractivity contribution >= 4 is 11.8 Å². The van der Waals surface area contributed by atoms with E-state index in [0.717, 1.165) is 45.1 Å². The molecule has 1 aliphatic rings. The average Bonchev–Trinajstić information content (AvgIpc) is 2.96. The SMILES string of the molecule is CCCCCCCCCCC(O)CN(CCCCC1NC(=O)C(CC(C)C)NC1=O)CC(O)CCCCCCCCCC. The molecule has 254 valence electrons. The molecule has 0 aliphatic carbocycles.